The number of benzene rings is 2. The molecule has 3 rings (SSSR count). The second-order valence-electron chi connectivity index (χ2n) is 5.90. The fourth-order valence-corrected chi connectivity index (χ4v) is 4.16. The highest BCUT2D eigenvalue weighted by molar-refractivity contribution is 6.39. The Morgan fingerprint density at radius 1 is 1.08 bits per heavy atom. The molecule has 7 heteroatoms. The summed E-state index contributed by atoms with van der Waals surface area (Å²) < 4.78 is 0. The Labute approximate surface area is 167 Å². The summed E-state index contributed by atoms with van der Waals surface area (Å²) in [4.78, 5) is 2.22. The van der Waals surface area contributed by atoms with Gasteiger partial charge < -0.3 is 10.2 Å². The molecule has 0 aromatic heterocycles. The van der Waals surface area contributed by atoms with Crippen LogP contribution in [0.2, 0.25) is 20.1 Å². The summed E-state index contributed by atoms with van der Waals surface area (Å²) in [5.74, 6) is 0. The van der Waals surface area contributed by atoms with Gasteiger partial charge in [-0.1, -0.05) is 46.4 Å². The van der Waals surface area contributed by atoms with Crippen LogP contribution in [0.5, 0.6) is 0 Å². The van der Waals surface area contributed by atoms with Crippen LogP contribution < -0.4 is 10.2 Å². The lowest BCUT2D eigenvalue weighted by Gasteiger charge is -2.32. The number of anilines is 1. The molecule has 1 aliphatic rings. The molecule has 0 amide bonds. The molecule has 1 heterocycles. The summed E-state index contributed by atoms with van der Waals surface area (Å²) in [5, 5.41) is 14.5. The van der Waals surface area contributed by atoms with Gasteiger partial charge in [-0.2, -0.15) is 5.26 Å². The Balaban J connectivity index is 1.99. The number of rotatable bonds is 4. The van der Waals surface area contributed by atoms with Gasteiger partial charge in [-0.15, -0.1) is 0 Å². The molecule has 1 fully saturated rings. The van der Waals surface area contributed by atoms with E-state index in [0.29, 0.717) is 32.2 Å². The summed E-state index contributed by atoms with van der Waals surface area (Å²) in [6.07, 6.45) is 1.00. The van der Waals surface area contributed by atoms with Crippen molar-refractivity contribution in [3.63, 3.8) is 0 Å². The van der Waals surface area contributed by atoms with E-state index in [0.717, 1.165) is 30.8 Å². The molecule has 0 saturated carbocycles. The van der Waals surface area contributed by atoms with Crippen LogP contribution in [0.1, 0.15) is 17.5 Å². The zero-order valence-electron chi connectivity index (χ0n) is 13.2. The van der Waals surface area contributed by atoms with Crippen molar-refractivity contribution in [2.24, 2.45) is 0 Å². The number of hydrogen-bond donors (Lipinski definition) is 1. The number of halogens is 4. The lowest BCUT2D eigenvalue weighted by Crippen LogP contribution is -2.36. The molecule has 3 nitrogen and oxygen atoms in total. The average molecular weight is 415 g/mol. The highest BCUT2D eigenvalue weighted by Crippen LogP contribution is 2.34. The van der Waals surface area contributed by atoms with Crippen LogP contribution in [0.4, 0.5) is 5.69 Å². The van der Waals surface area contributed by atoms with Crippen molar-refractivity contribution in [3.8, 4) is 6.07 Å². The minimum atomic E-state index is 0.284. The van der Waals surface area contributed by atoms with Crippen molar-refractivity contribution in [1.29, 1.82) is 5.26 Å². The molecule has 25 heavy (non-hydrogen) atoms. The van der Waals surface area contributed by atoms with Crippen LogP contribution >= 0.6 is 46.4 Å². The van der Waals surface area contributed by atoms with Gasteiger partial charge in [0.2, 0.25) is 0 Å². The highest BCUT2D eigenvalue weighted by Gasteiger charge is 2.25. The van der Waals surface area contributed by atoms with E-state index in [9.17, 15) is 0 Å². The maximum Gasteiger partial charge on any atom is 0.101 e. The molecular weight excluding hydrogens is 400 g/mol. The standard InChI is InChI=1S/C18H15Cl4N3/c19-12-5-17(21)15(18(22)6-12)10-25(14-3-4-24-9-14)13-2-1-11(8-23)16(20)7-13/h1-2,5-7,14,24H,3-4,9-10H2. The van der Waals surface area contributed by atoms with E-state index in [1.54, 1.807) is 18.2 Å². The summed E-state index contributed by atoms with van der Waals surface area (Å²) >= 11 is 25.0. The van der Waals surface area contributed by atoms with E-state index in [1.807, 2.05) is 12.1 Å². The molecule has 0 radical (unpaired) electrons. The van der Waals surface area contributed by atoms with Gasteiger partial charge in [0.25, 0.3) is 0 Å². The van der Waals surface area contributed by atoms with E-state index in [-0.39, 0.29) is 6.04 Å². The quantitative estimate of drug-likeness (QED) is 0.713. The monoisotopic (exact) mass is 413 g/mol. The van der Waals surface area contributed by atoms with Gasteiger partial charge in [-0.05, 0) is 43.3 Å². The first-order valence-electron chi connectivity index (χ1n) is 7.80. The average Bonchev–Trinajstić information content (AvgIpc) is 3.08. The van der Waals surface area contributed by atoms with Crippen LogP contribution in [0, 0.1) is 11.3 Å². The highest BCUT2D eigenvalue weighted by atomic mass is 35.5. The molecular formula is C18H15Cl4N3. The fourth-order valence-electron chi connectivity index (χ4n) is 3.00. The summed E-state index contributed by atoms with van der Waals surface area (Å²) in [7, 11) is 0. The number of nitrogens with one attached hydrogen (secondary N) is 1. The fraction of sp³-hybridized carbons (Fsp3) is 0.278. The summed E-state index contributed by atoms with van der Waals surface area (Å²) in [6, 6.07) is 11.2. The van der Waals surface area contributed by atoms with Crippen LogP contribution in [0.15, 0.2) is 30.3 Å². The third-order valence-electron chi connectivity index (χ3n) is 4.31. The molecule has 0 spiro atoms. The zero-order chi connectivity index (χ0) is 18.0. The Kier molecular flexibility index (Phi) is 5.99. The molecule has 1 N–H and O–H groups in total. The van der Waals surface area contributed by atoms with Gasteiger partial charge in [-0.25, -0.2) is 0 Å². The maximum absolute atomic E-state index is 9.09. The molecule has 1 aliphatic heterocycles. The Bertz CT molecular complexity index is 803. The lowest BCUT2D eigenvalue weighted by molar-refractivity contribution is 0.631. The molecule has 0 bridgehead atoms. The smallest absolute Gasteiger partial charge is 0.101 e. The van der Waals surface area contributed by atoms with Crippen LogP contribution in [-0.2, 0) is 6.54 Å². The lowest BCUT2D eigenvalue weighted by atomic mass is 10.1. The predicted octanol–water partition coefficient (Wildman–Crippen LogP) is 5.54. The van der Waals surface area contributed by atoms with Gasteiger partial charge in [0.1, 0.15) is 6.07 Å². The van der Waals surface area contributed by atoms with E-state index in [1.165, 1.54) is 0 Å². The first-order chi connectivity index (χ1) is 12.0. The van der Waals surface area contributed by atoms with Crippen molar-refractivity contribution in [2.75, 3.05) is 18.0 Å². The van der Waals surface area contributed by atoms with Crippen molar-refractivity contribution in [3.05, 3.63) is 61.5 Å². The zero-order valence-corrected chi connectivity index (χ0v) is 16.2. The van der Waals surface area contributed by atoms with E-state index in [2.05, 4.69) is 16.3 Å². The first-order valence-corrected chi connectivity index (χ1v) is 9.31. The van der Waals surface area contributed by atoms with E-state index in [4.69, 9.17) is 51.7 Å². The Hall–Kier alpha value is -1.15. The van der Waals surface area contributed by atoms with Crippen LogP contribution in [0.25, 0.3) is 0 Å². The predicted molar refractivity (Wildman–Crippen MR) is 105 cm³/mol. The van der Waals surface area contributed by atoms with Gasteiger partial charge in [0, 0.05) is 45.5 Å². The normalized spacial score (nSPS) is 16.7. The largest absolute Gasteiger partial charge is 0.363 e. The van der Waals surface area contributed by atoms with E-state index >= 15 is 0 Å². The van der Waals surface area contributed by atoms with Gasteiger partial charge in [-0.3, -0.25) is 0 Å². The Morgan fingerprint density at radius 2 is 1.80 bits per heavy atom. The second kappa shape index (κ2) is 8.03. The molecule has 1 unspecified atom stereocenters. The van der Waals surface area contributed by atoms with Crippen molar-refractivity contribution in [2.45, 2.75) is 19.0 Å². The van der Waals surface area contributed by atoms with Crippen LogP contribution in [0.3, 0.4) is 0 Å². The first kappa shape index (κ1) is 18.6. The van der Waals surface area contributed by atoms with Crippen LogP contribution in [-0.4, -0.2) is 19.1 Å². The van der Waals surface area contributed by atoms with Gasteiger partial charge in [0.05, 0.1) is 10.6 Å². The summed E-state index contributed by atoms with van der Waals surface area (Å²) in [6.45, 7) is 2.34. The molecule has 0 aliphatic carbocycles. The molecule has 130 valence electrons. The van der Waals surface area contributed by atoms with E-state index < -0.39 is 0 Å². The third kappa shape index (κ3) is 4.16. The SMILES string of the molecule is N#Cc1ccc(N(Cc2c(Cl)cc(Cl)cc2Cl)C2CCNC2)cc1Cl. The minimum absolute atomic E-state index is 0.284. The second-order valence-corrected chi connectivity index (χ2v) is 7.56. The number of nitriles is 1. The van der Waals surface area contributed by atoms with Crippen molar-refractivity contribution in [1.82, 2.24) is 5.32 Å². The van der Waals surface area contributed by atoms with Crippen molar-refractivity contribution >= 4 is 52.1 Å². The maximum atomic E-state index is 9.09. The number of hydrogen-bond acceptors (Lipinski definition) is 3. The van der Waals surface area contributed by atoms with Gasteiger partial charge >= 0.3 is 0 Å². The molecule has 2 aromatic carbocycles. The Morgan fingerprint density at radius 3 is 2.36 bits per heavy atom. The number of nitrogens with zero attached hydrogens (tertiary/aromatic N) is 2. The minimum Gasteiger partial charge on any atom is -0.363 e. The third-order valence-corrected chi connectivity index (χ3v) is 5.52. The molecule has 1 saturated heterocycles. The molecule has 2 aromatic rings. The summed E-state index contributed by atoms with van der Waals surface area (Å²) in [5.41, 5.74) is 2.21. The van der Waals surface area contributed by atoms with Crippen molar-refractivity contribution < 1.29 is 0 Å². The van der Waals surface area contributed by atoms with Gasteiger partial charge in [0.15, 0.2) is 0 Å². The topological polar surface area (TPSA) is 39.1 Å². The molecule has 1 atom stereocenters.